The third kappa shape index (κ3) is 2.50. The number of benzene rings is 1. The molecule has 0 aromatic heterocycles. The number of hydrogen-bond donors (Lipinski definition) is 1. The van der Waals surface area contributed by atoms with E-state index in [1.807, 2.05) is 0 Å². The second kappa shape index (κ2) is 4.74. The van der Waals surface area contributed by atoms with E-state index in [2.05, 4.69) is 0 Å². The van der Waals surface area contributed by atoms with Crippen molar-refractivity contribution in [2.24, 2.45) is 0 Å². The summed E-state index contributed by atoms with van der Waals surface area (Å²) >= 11 is 5.74. The van der Waals surface area contributed by atoms with Crippen LogP contribution in [-0.2, 0) is 5.60 Å². The lowest BCUT2D eigenvalue weighted by Gasteiger charge is -2.30. The summed E-state index contributed by atoms with van der Waals surface area (Å²) in [7, 11) is 1.36. The fourth-order valence-corrected chi connectivity index (χ4v) is 1.75. The highest BCUT2D eigenvalue weighted by atomic mass is 35.5. The summed E-state index contributed by atoms with van der Waals surface area (Å²) in [6.45, 7) is 1.26. The van der Waals surface area contributed by atoms with Crippen molar-refractivity contribution in [3.05, 3.63) is 28.8 Å². The topological polar surface area (TPSA) is 29.5 Å². The van der Waals surface area contributed by atoms with E-state index in [1.165, 1.54) is 20.1 Å². The molecule has 1 aromatic rings. The molecule has 0 bridgehead atoms. The van der Waals surface area contributed by atoms with Crippen molar-refractivity contribution < 1.29 is 23.0 Å². The minimum absolute atomic E-state index is 0.0288. The quantitative estimate of drug-likeness (QED) is 0.909. The molecule has 1 atom stereocenters. The van der Waals surface area contributed by atoms with Gasteiger partial charge in [0.1, 0.15) is 5.75 Å². The van der Waals surface area contributed by atoms with Crippen molar-refractivity contribution in [3.8, 4) is 5.75 Å². The molecule has 0 saturated heterocycles. The normalized spacial score (nSPS) is 15.5. The van der Waals surface area contributed by atoms with Gasteiger partial charge in [0.2, 0.25) is 0 Å². The maximum Gasteiger partial charge on any atom is 0.421 e. The monoisotopic (exact) mass is 268 g/mol. The summed E-state index contributed by atoms with van der Waals surface area (Å²) in [4.78, 5) is 0. The molecule has 0 fully saturated rings. The fourth-order valence-electron chi connectivity index (χ4n) is 1.49. The second-order valence-electron chi connectivity index (χ2n) is 3.56. The molecule has 0 radical (unpaired) electrons. The van der Waals surface area contributed by atoms with Crippen LogP contribution in [0.25, 0.3) is 0 Å². The van der Waals surface area contributed by atoms with E-state index in [0.29, 0.717) is 0 Å². The average molecular weight is 269 g/mol. The summed E-state index contributed by atoms with van der Waals surface area (Å²) in [6.07, 6.45) is -5.24. The van der Waals surface area contributed by atoms with Gasteiger partial charge in [-0.2, -0.15) is 13.2 Å². The highest BCUT2D eigenvalue weighted by Crippen LogP contribution is 2.43. The zero-order valence-electron chi connectivity index (χ0n) is 9.31. The average Bonchev–Trinajstić information content (AvgIpc) is 2.26. The Balaban J connectivity index is 3.27. The van der Waals surface area contributed by atoms with Gasteiger partial charge in [0.15, 0.2) is 5.60 Å². The molecule has 2 nitrogen and oxygen atoms in total. The molecule has 17 heavy (non-hydrogen) atoms. The fraction of sp³-hybridized carbons (Fsp3) is 0.455. The predicted octanol–water partition coefficient (Wildman–Crippen LogP) is 3.51. The number of aliphatic hydroxyl groups is 1. The van der Waals surface area contributed by atoms with E-state index in [4.69, 9.17) is 16.3 Å². The molecule has 0 aliphatic heterocycles. The molecule has 1 unspecified atom stereocenters. The van der Waals surface area contributed by atoms with Crippen LogP contribution in [0.1, 0.15) is 18.9 Å². The Kier molecular flexibility index (Phi) is 3.94. The van der Waals surface area contributed by atoms with E-state index in [1.54, 1.807) is 0 Å². The van der Waals surface area contributed by atoms with Crippen LogP contribution < -0.4 is 4.74 Å². The Morgan fingerprint density at radius 3 is 2.29 bits per heavy atom. The first-order chi connectivity index (χ1) is 7.76. The van der Waals surface area contributed by atoms with Crippen LogP contribution in [0, 0.1) is 0 Å². The Bertz CT molecular complexity index is 406. The van der Waals surface area contributed by atoms with Gasteiger partial charge in [-0.05, 0) is 24.1 Å². The largest absolute Gasteiger partial charge is 0.495 e. The van der Waals surface area contributed by atoms with Crippen LogP contribution in [0.5, 0.6) is 5.75 Å². The number of halogens is 4. The lowest BCUT2D eigenvalue weighted by Crippen LogP contribution is -2.41. The number of rotatable bonds is 3. The van der Waals surface area contributed by atoms with Crippen molar-refractivity contribution in [2.45, 2.75) is 25.1 Å². The Morgan fingerprint density at radius 1 is 1.35 bits per heavy atom. The highest BCUT2D eigenvalue weighted by molar-refractivity contribution is 6.32. The number of ether oxygens (including phenoxy) is 1. The number of alkyl halides is 3. The van der Waals surface area contributed by atoms with E-state index in [-0.39, 0.29) is 16.3 Å². The van der Waals surface area contributed by atoms with E-state index in [9.17, 15) is 18.3 Å². The van der Waals surface area contributed by atoms with Crippen LogP contribution >= 0.6 is 11.6 Å². The van der Waals surface area contributed by atoms with E-state index >= 15 is 0 Å². The molecular weight excluding hydrogens is 257 g/mol. The van der Waals surface area contributed by atoms with E-state index < -0.39 is 18.2 Å². The zero-order valence-corrected chi connectivity index (χ0v) is 10.1. The summed E-state index contributed by atoms with van der Waals surface area (Å²) in [5.41, 5.74) is -3.18. The van der Waals surface area contributed by atoms with Gasteiger partial charge in [-0.3, -0.25) is 0 Å². The smallest absolute Gasteiger partial charge is 0.421 e. The maximum atomic E-state index is 12.8. The van der Waals surface area contributed by atoms with Crippen molar-refractivity contribution in [1.82, 2.24) is 0 Å². The SMILES string of the molecule is CCC(O)(c1ccc(OC)c(Cl)c1)C(F)(F)F. The Morgan fingerprint density at radius 2 is 1.94 bits per heavy atom. The first kappa shape index (κ1) is 14.1. The summed E-state index contributed by atoms with van der Waals surface area (Å²) in [5, 5.41) is 9.72. The molecule has 96 valence electrons. The molecule has 1 rings (SSSR count). The molecule has 1 aromatic carbocycles. The van der Waals surface area contributed by atoms with Crippen LogP contribution in [0.15, 0.2) is 18.2 Å². The van der Waals surface area contributed by atoms with Crippen LogP contribution in [0.3, 0.4) is 0 Å². The first-order valence-corrected chi connectivity index (χ1v) is 5.27. The summed E-state index contributed by atoms with van der Waals surface area (Å²) in [6, 6.07) is 3.52. The third-order valence-corrected chi connectivity index (χ3v) is 2.91. The van der Waals surface area contributed by atoms with Crippen molar-refractivity contribution in [1.29, 1.82) is 0 Å². The molecule has 0 saturated carbocycles. The van der Waals surface area contributed by atoms with Gasteiger partial charge in [0.25, 0.3) is 0 Å². The lowest BCUT2D eigenvalue weighted by atomic mass is 9.90. The van der Waals surface area contributed by atoms with Gasteiger partial charge in [-0.1, -0.05) is 24.6 Å². The Hall–Kier alpha value is -0.940. The molecule has 0 aliphatic carbocycles. The second-order valence-corrected chi connectivity index (χ2v) is 3.97. The van der Waals surface area contributed by atoms with Gasteiger partial charge < -0.3 is 9.84 Å². The minimum atomic E-state index is -4.75. The standard InChI is InChI=1S/C11H12ClF3O2/c1-3-10(16,11(13,14)15)7-4-5-9(17-2)8(12)6-7/h4-6,16H,3H2,1-2H3. The third-order valence-electron chi connectivity index (χ3n) is 2.61. The molecule has 0 heterocycles. The first-order valence-electron chi connectivity index (χ1n) is 4.89. The minimum Gasteiger partial charge on any atom is -0.495 e. The Labute approximate surface area is 102 Å². The highest BCUT2D eigenvalue weighted by Gasteiger charge is 2.53. The summed E-state index contributed by atoms with van der Waals surface area (Å²) < 4.78 is 43.2. The van der Waals surface area contributed by atoms with Crippen LogP contribution in [-0.4, -0.2) is 18.4 Å². The molecule has 6 heteroatoms. The maximum absolute atomic E-state index is 12.8. The van der Waals surface area contributed by atoms with Gasteiger partial charge in [-0.25, -0.2) is 0 Å². The molecule has 0 spiro atoms. The van der Waals surface area contributed by atoms with Crippen molar-refractivity contribution in [2.75, 3.05) is 7.11 Å². The van der Waals surface area contributed by atoms with Crippen molar-refractivity contribution in [3.63, 3.8) is 0 Å². The van der Waals surface area contributed by atoms with Gasteiger partial charge in [0.05, 0.1) is 12.1 Å². The van der Waals surface area contributed by atoms with E-state index in [0.717, 1.165) is 12.1 Å². The van der Waals surface area contributed by atoms with Crippen LogP contribution in [0.2, 0.25) is 5.02 Å². The molecule has 0 aliphatic rings. The molecule has 1 N–H and O–H groups in total. The molecule has 0 amide bonds. The van der Waals surface area contributed by atoms with Gasteiger partial charge >= 0.3 is 6.18 Å². The molecular formula is C11H12ClF3O2. The van der Waals surface area contributed by atoms with Gasteiger partial charge in [-0.15, -0.1) is 0 Å². The number of methoxy groups -OCH3 is 1. The predicted molar refractivity (Wildman–Crippen MR) is 58.2 cm³/mol. The van der Waals surface area contributed by atoms with Crippen LogP contribution in [0.4, 0.5) is 13.2 Å². The lowest BCUT2D eigenvalue weighted by molar-refractivity contribution is -0.267. The number of hydrogen-bond acceptors (Lipinski definition) is 2. The van der Waals surface area contributed by atoms with Crippen molar-refractivity contribution >= 4 is 11.6 Å². The zero-order chi connectivity index (χ0) is 13.3. The summed E-state index contributed by atoms with van der Waals surface area (Å²) in [5.74, 6) is 0.260. The van der Waals surface area contributed by atoms with Gasteiger partial charge in [0, 0.05) is 0 Å².